The summed E-state index contributed by atoms with van der Waals surface area (Å²) >= 11 is 0. The van der Waals surface area contributed by atoms with E-state index in [1.54, 1.807) is 6.07 Å². The van der Waals surface area contributed by atoms with E-state index < -0.39 is 0 Å². The van der Waals surface area contributed by atoms with Crippen molar-refractivity contribution in [3.05, 3.63) is 45.7 Å². The third-order valence-electron chi connectivity index (χ3n) is 5.69. The van der Waals surface area contributed by atoms with Crippen LogP contribution < -0.4 is 5.43 Å². The van der Waals surface area contributed by atoms with Crippen molar-refractivity contribution in [2.24, 2.45) is 5.92 Å². The number of carbonyl (C=O) groups is 1. The van der Waals surface area contributed by atoms with Gasteiger partial charge < -0.3 is 14.6 Å². The van der Waals surface area contributed by atoms with Gasteiger partial charge in [0.2, 0.25) is 5.91 Å². The fourth-order valence-electron chi connectivity index (χ4n) is 4.12. The number of benzene rings is 1. The minimum atomic E-state index is 0.0693. The van der Waals surface area contributed by atoms with Crippen molar-refractivity contribution in [1.29, 1.82) is 0 Å². The number of morpholine rings is 1. The van der Waals surface area contributed by atoms with E-state index in [2.05, 4.69) is 9.88 Å². The normalized spacial score (nSPS) is 19.5. The summed E-state index contributed by atoms with van der Waals surface area (Å²) in [5.41, 5.74) is 2.99. The van der Waals surface area contributed by atoms with Gasteiger partial charge in [-0.25, -0.2) is 0 Å². The average molecular weight is 369 g/mol. The molecule has 0 saturated carbocycles. The van der Waals surface area contributed by atoms with Crippen LogP contribution in [0.15, 0.2) is 29.1 Å². The Hall–Kier alpha value is -2.18. The molecule has 2 fully saturated rings. The van der Waals surface area contributed by atoms with E-state index in [4.69, 9.17) is 4.74 Å². The number of likely N-dealkylation sites (tertiary alicyclic amines) is 1. The van der Waals surface area contributed by atoms with Gasteiger partial charge in [-0.2, -0.15) is 0 Å². The topological polar surface area (TPSA) is 65.6 Å². The number of carbonyl (C=O) groups excluding carboxylic acids is 1. The molecule has 0 unspecified atom stereocenters. The van der Waals surface area contributed by atoms with E-state index in [1.807, 2.05) is 30.0 Å². The molecular weight excluding hydrogens is 342 g/mol. The van der Waals surface area contributed by atoms with Crippen molar-refractivity contribution >= 4 is 16.8 Å². The lowest BCUT2D eigenvalue weighted by Crippen LogP contribution is -2.46. The molecule has 0 aliphatic carbocycles. The Balaban J connectivity index is 1.38. The predicted octanol–water partition coefficient (Wildman–Crippen LogP) is 1.91. The van der Waals surface area contributed by atoms with Crippen LogP contribution in [0, 0.1) is 12.8 Å². The summed E-state index contributed by atoms with van der Waals surface area (Å²) in [6, 6.07) is 7.64. The third kappa shape index (κ3) is 4.06. The number of pyridine rings is 1. The van der Waals surface area contributed by atoms with Crippen molar-refractivity contribution in [3.8, 4) is 0 Å². The number of H-pyrrole nitrogens is 1. The standard InChI is InChI=1S/C21H27N3O3/c1-15-2-3-19-18(12-15)20(25)13-17(22-19)14-23-6-4-16(5-7-23)21(26)24-8-10-27-11-9-24/h2-3,12-13,16H,4-11,14H2,1H3,(H,22,25). The number of ether oxygens (including phenoxy) is 1. The number of hydrogen-bond acceptors (Lipinski definition) is 4. The number of amides is 1. The largest absolute Gasteiger partial charge is 0.378 e. The van der Waals surface area contributed by atoms with E-state index in [1.165, 1.54) is 0 Å². The molecule has 0 bridgehead atoms. The highest BCUT2D eigenvalue weighted by Crippen LogP contribution is 2.21. The maximum absolute atomic E-state index is 12.6. The number of piperidine rings is 1. The highest BCUT2D eigenvalue weighted by molar-refractivity contribution is 5.79. The molecule has 6 heteroatoms. The molecule has 0 spiro atoms. The molecule has 2 aromatic rings. The molecule has 3 heterocycles. The van der Waals surface area contributed by atoms with Gasteiger partial charge in [-0.15, -0.1) is 0 Å². The molecule has 0 atom stereocenters. The monoisotopic (exact) mass is 369 g/mol. The molecule has 4 rings (SSSR count). The fourth-order valence-corrected chi connectivity index (χ4v) is 4.12. The quantitative estimate of drug-likeness (QED) is 0.898. The maximum atomic E-state index is 12.6. The van der Waals surface area contributed by atoms with Gasteiger partial charge >= 0.3 is 0 Å². The number of rotatable bonds is 3. The second-order valence-corrected chi connectivity index (χ2v) is 7.70. The zero-order chi connectivity index (χ0) is 18.8. The summed E-state index contributed by atoms with van der Waals surface area (Å²) in [5.74, 6) is 0.408. The van der Waals surface area contributed by atoms with Gasteiger partial charge in [-0.1, -0.05) is 11.6 Å². The van der Waals surface area contributed by atoms with Gasteiger partial charge in [0.15, 0.2) is 5.43 Å². The lowest BCUT2D eigenvalue weighted by Gasteiger charge is -2.35. The Morgan fingerprint density at radius 2 is 1.89 bits per heavy atom. The van der Waals surface area contributed by atoms with Crippen molar-refractivity contribution in [2.75, 3.05) is 39.4 Å². The van der Waals surface area contributed by atoms with Crippen LogP contribution in [0.25, 0.3) is 10.9 Å². The highest BCUT2D eigenvalue weighted by atomic mass is 16.5. The Morgan fingerprint density at radius 3 is 2.63 bits per heavy atom. The van der Waals surface area contributed by atoms with E-state index in [9.17, 15) is 9.59 Å². The van der Waals surface area contributed by atoms with Gasteiger partial charge in [0.05, 0.1) is 13.2 Å². The first-order valence-electron chi connectivity index (χ1n) is 9.81. The van der Waals surface area contributed by atoms with Crippen LogP contribution in [-0.2, 0) is 16.1 Å². The molecule has 0 radical (unpaired) electrons. The van der Waals surface area contributed by atoms with E-state index in [-0.39, 0.29) is 17.3 Å². The molecule has 2 aliphatic rings. The van der Waals surface area contributed by atoms with Gasteiger partial charge in [0.1, 0.15) is 0 Å². The second-order valence-electron chi connectivity index (χ2n) is 7.70. The first-order chi connectivity index (χ1) is 13.1. The molecule has 27 heavy (non-hydrogen) atoms. The molecule has 144 valence electrons. The van der Waals surface area contributed by atoms with Crippen molar-refractivity contribution in [1.82, 2.24) is 14.8 Å². The SMILES string of the molecule is Cc1ccc2[nH]c(CN3CCC(C(=O)N4CCOCC4)CC3)cc(=O)c2c1. The van der Waals surface area contributed by atoms with E-state index >= 15 is 0 Å². The Bertz CT molecular complexity index is 878. The van der Waals surface area contributed by atoms with Crippen molar-refractivity contribution < 1.29 is 9.53 Å². The first-order valence-corrected chi connectivity index (χ1v) is 9.81. The number of aromatic amines is 1. The Labute approximate surface area is 159 Å². The zero-order valence-corrected chi connectivity index (χ0v) is 15.9. The molecule has 2 saturated heterocycles. The second kappa shape index (κ2) is 7.82. The summed E-state index contributed by atoms with van der Waals surface area (Å²) in [7, 11) is 0. The number of aryl methyl sites for hydroxylation is 1. The number of aromatic nitrogens is 1. The number of nitrogens with zero attached hydrogens (tertiary/aromatic N) is 2. The van der Waals surface area contributed by atoms with Crippen molar-refractivity contribution in [3.63, 3.8) is 0 Å². The van der Waals surface area contributed by atoms with Crippen LogP contribution >= 0.6 is 0 Å². The van der Waals surface area contributed by atoms with Crippen LogP contribution in [0.2, 0.25) is 0 Å². The summed E-state index contributed by atoms with van der Waals surface area (Å²) in [5, 5.41) is 0.744. The molecule has 1 N–H and O–H groups in total. The van der Waals surface area contributed by atoms with Crippen LogP contribution in [0.4, 0.5) is 0 Å². The summed E-state index contributed by atoms with van der Waals surface area (Å²) in [4.78, 5) is 32.7. The van der Waals surface area contributed by atoms with Crippen LogP contribution in [0.3, 0.4) is 0 Å². The number of hydrogen-bond donors (Lipinski definition) is 1. The van der Waals surface area contributed by atoms with Crippen LogP contribution in [0.1, 0.15) is 24.1 Å². The molecule has 2 aliphatic heterocycles. The minimum Gasteiger partial charge on any atom is -0.378 e. The fraction of sp³-hybridized carbons (Fsp3) is 0.524. The predicted molar refractivity (Wildman–Crippen MR) is 105 cm³/mol. The molecule has 1 aromatic heterocycles. The van der Waals surface area contributed by atoms with Gasteiger partial charge in [0, 0.05) is 48.2 Å². The first kappa shape index (κ1) is 18.2. The Kier molecular flexibility index (Phi) is 5.27. The lowest BCUT2D eigenvalue weighted by molar-refractivity contribution is -0.141. The van der Waals surface area contributed by atoms with Crippen LogP contribution in [0.5, 0.6) is 0 Å². The van der Waals surface area contributed by atoms with E-state index in [0.717, 1.165) is 67.7 Å². The van der Waals surface area contributed by atoms with Gasteiger partial charge in [-0.05, 0) is 45.0 Å². The molecule has 1 amide bonds. The van der Waals surface area contributed by atoms with Gasteiger partial charge in [-0.3, -0.25) is 14.5 Å². The smallest absolute Gasteiger partial charge is 0.225 e. The minimum absolute atomic E-state index is 0.0693. The lowest BCUT2D eigenvalue weighted by atomic mass is 9.95. The molecule has 1 aromatic carbocycles. The van der Waals surface area contributed by atoms with E-state index in [0.29, 0.717) is 13.2 Å². The van der Waals surface area contributed by atoms with Crippen molar-refractivity contribution in [2.45, 2.75) is 26.3 Å². The summed E-state index contributed by atoms with van der Waals surface area (Å²) in [6.45, 7) is 7.22. The summed E-state index contributed by atoms with van der Waals surface area (Å²) in [6.07, 6.45) is 1.76. The molecule has 6 nitrogen and oxygen atoms in total. The average Bonchev–Trinajstić information content (AvgIpc) is 2.69. The number of fused-ring (bicyclic) bond motifs is 1. The third-order valence-corrected chi connectivity index (χ3v) is 5.69. The van der Waals surface area contributed by atoms with Crippen LogP contribution in [-0.4, -0.2) is 60.1 Å². The summed E-state index contributed by atoms with van der Waals surface area (Å²) < 4.78 is 5.34. The highest BCUT2D eigenvalue weighted by Gasteiger charge is 2.29. The zero-order valence-electron chi connectivity index (χ0n) is 15.9. The number of nitrogens with one attached hydrogen (secondary N) is 1. The molecular formula is C21H27N3O3. The maximum Gasteiger partial charge on any atom is 0.225 e. The Morgan fingerprint density at radius 1 is 1.15 bits per heavy atom. The van der Waals surface area contributed by atoms with Gasteiger partial charge in [0.25, 0.3) is 0 Å².